The molecule has 0 fully saturated rings. The average Bonchev–Trinajstić information content (AvgIpc) is 3.26. The first-order valence-corrected chi connectivity index (χ1v) is 9.38. The fourth-order valence-electron chi connectivity index (χ4n) is 4.07. The second kappa shape index (κ2) is 3.70. The standard InChI is InChI=1S/C20H12S2/c1-2-10-9-16-12-4-5-14-17-11(13-7-8-21-19(13)14)3-6-15(18(12)17)20(16)22-10/h3-9H,2H2,1H3. The Morgan fingerprint density at radius 3 is 2.18 bits per heavy atom. The van der Waals surface area contributed by atoms with Gasteiger partial charge < -0.3 is 0 Å². The maximum atomic E-state index is 2.40. The third-order valence-corrected chi connectivity index (χ3v) is 7.29. The lowest BCUT2D eigenvalue weighted by Gasteiger charge is -2.06. The van der Waals surface area contributed by atoms with Gasteiger partial charge in [-0.15, -0.1) is 22.7 Å². The monoisotopic (exact) mass is 316 g/mol. The topological polar surface area (TPSA) is 0 Å². The molecule has 0 unspecified atom stereocenters. The van der Waals surface area contributed by atoms with Crippen molar-refractivity contribution in [2.45, 2.75) is 13.3 Å². The molecule has 0 saturated carbocycles. The number of benzene rings is 2. The van der Waals surface area contributed by atoms with E-state index in [9.17, 15) is 0 Å². The van der Waals surface area contributed by atoms with Crippen LogP contribution in [-0.2, 0) is 6.42 Å². The molecule has 0 spiro atoms. The van der Waals surface area contributed by atoms with Crippen LogP contribution in [0.3, 0.4) is 0 Å². The molecule has 6 rings (SSSR count). The Kier molecular flexibility index (Phi) is 1.96. The molecule has 0 saturated heterocycles. The molecule has 0 aliphatic heterocycles. The van der Waals surface area contributed by atoms with E-state index < -0.39 is 0 Å². The summed E-state index contributed by atoms with van der Waals surface area (Å²) in [5, 5.41) is 5.19. The summed E-state index contributed by atoms with van der Waals surface area (Å²) < 4.78 is 0. The molecule has 4 aromatic rings. The zero-order valence-corrected chi connectivity index (χ0v) is 13.7. The van der Waals surface area contributed by atoms with Crippen molar-refractivity contribution in [1.29, 1.82) is 0 Å². The van der Waals surface area contributed by atoms with Crippen LogP contribution in [0.5, 0.6) is 0 Å². The maximum absolute atomic E-state index is 2.40. The molecular weight excluding hydrogens is 304 g/mol. The second-order valence-corrected chi connectivity index (χ2v) is 8.10. The van der Waals surface area contributed by atoms with Crippen molar-refractivity contribution in [3.8, 4) is 43.1 Å². The van der Waals surface area contributed by atoms with Gasteiger partial charge in [-0.1, -0.05) is 31.2 Å². The van der Waals surface area contributed by atoms with Crippen molar-refractivity contribution >= 4 is 33.4 Å². The Morgan fingerprint density at radius 1 is 0.727 bits per heavy atom. The van der Waals surface area contributed by atoms with Crippen molar-refractivity contribution in [3.63, 3.8) is 0 Å². The van der Waals surface area contributed by atoms with Gasteiger partial charge in [0.2, 0.25) is 0 Å². The Hall–Kier alpha value is -1.90. The van der Waals surface area contributed by atoms with Gasteiger partial charge in [0.25, 0.3) is 0 Å². The van der Waals surface area contributed by atoms with Gasteiger partial charge in [-0.3, -0.25) is 0 Å². The van der Waals surface area contributed by atoms with Crippen LogP contribution in [0.1, 0.15) is 11.8 Å². The molecule has 2 heterocycles. The fraction of sp³-hybridized carbons (Fsp3) is 0.100. The highest BCUT2D eigenvalue weighted by Crippen LogP contribution is 2.58. The number of thiophene rings is 2. The van der Waals surface area contributed by atoms with Crippen LogP contribution < -0.4 is 0 Å². The third-order valence-electron chi connectivity index (χ3n) is 5.03. The minimum Gasteiger partial charge on any atom is -0.143 e. The zero-order chi connectivity index (χ0) is 14.4. The van der Waals surface area contributed by atoms with Gasteiger partial charge in [0.15, 0.2) is 0 Å². The molecule has 2 aliphatic carbocycles. The van der Waals surface area contributed by atoms with Crippen molar-refractivity contribution in [2.24, 2.45) is 0 Å². The lowest BCUT2D eigenvalue weighted by atomic mass is 9.98. The smallest absolute Gasteiger partial charge is 0.0430 e. The molecule has 2 aliphatic rings. The summed E-state index contributed by atoms with van der Waals surface area (Å²) in [6.07, 6.45) is 1.13. The molecule has 104 valence electrons. The first-order valence-electron chi connectivity index (χ1n) is 7.68. The average molecular weight is 316 g/mol. The van der Waals surface area contributed by atoms with E-state index in [1.54, 1.807) is 0 Å². The maximum Gasteiger partial charge on any atom is 0.0430 e. The summed E-state index contributed by atoms with van der Waals surface area (Å²) in [4.78, 5) is 4.42. The molecule has 0 nitrogen and oxygen atoms in total. The molecule has 2 heteroatoms. The number of hydrogen-bond acceptors (Lipinski definition) is 2. The highest BCUT2D eigenvalue weighted by Gasteiger charge is 2.30. The first kappa shape index (κ1) is 11.6. The van der Waals surface area contributed by atoms with E-state index in [1.807, 2.05) is 22.7 Å². The Bertz CT molecular complexity index is 1030. The summed E-state index contributed by atoms with van der Waals surface area (Å²) in [6, 6.07) is 14.0. The number of hydrogen-bond donors (Lipinski definition) is 0. The van der Waals surface area contributed by atoms with E-state index in [4.69, 9.17) is 0 Å². The van der Waals surface area contributed by atoms with E-state index in [2.05, 4.69) is 48.7 Å². The lowest BCUT2D eigenvalue weighted by molar-refractivity contribution is 1.19. The van der Waals surface area contributed by atoms with Gasteiger partial charge in [-0.2, -0.15) is 0 Å². The van der Waals surface area contributed by atoms with Crippen LogP contribution in [0, 0.1) is 0 Å². The quantitative estimate of drug-likeness (QED) is 0.312. The van der Waals surface area contributed by atoms with Crippen LogP contribution >= 0.6 is 22.7 Å². The van der Waals surface area contributed by atoms with Crippen molar-refractivity contribution in [1.82, 2.24) is 0 Å². The molecule has 0 radical (unpaired) electrons. The minimum atomic E-state index is 1.13. The summed E-state index contributed by atoms with van der Waals surface area (Å²) in [5.41, 5.74) is 8.63. The van der Waals surface area contributed by atoms with Crippen molar-refractivity contribution < 1.29 is 0 Å². The van der Waals surface area contributed by atoms with E-state index in [0.29, 0.717) is 0 Å². The minimum absolute atomic E-state index is 1.13. The Balaban J connectivity index is 1.81. The lowest BCUT2D eigenvalue weighted by Crippen LogP contribution is -1.79. The summed E-state index contributed by atoms with van der Waals surface area (Å²) in [5.74, 6) is 0. The predicted molar refractivity (Wildman–Crippen MR) is 97.9 cm³/mol. The largest absolute Gasteiger partial charge is 0.143 e. The highest BCUT2D eigenvalue weighted by atomic mass is 32.1. The van der Waals surface area contributed by atoms with E-state index >= 15 is 0 Å². The Morgan fingerprint density at radius 2 is 1.41 bits per heavy atom. The van der Waals surface area contributed by atoms with E-state index in [-0.39, 0.29) is 0 Å². The van der Waals surface area contributed by atoms with Crippen LogP contribution in [-0.4, -0.2) is 0 Å². The van der Waals surface area contributed by atoms with Gasteiger partial charge in [0.05, 0.1) is 0 Å². The molecule has 0 amide bonds. The summed E-state index contributed by atoms with van der Waals surface area (Å²) in [7, 11) is 0. The van der Waals surface area contributed by atoms with Crippen LogP contribution in [0.4, 0.5) is 0 Å². The molecule has 0 atom stereocenters. The highest BCUT2D eigenvalue weighted by molar-refractivity contribution is 7.16. The molecular formula is C20H12S2. The van der Waals surface area contributed by atoms with E-state index in [1.165, 1.54) is 58.8 Å². The third kappa shape index (κ3) is 1.14. The summed E-state index contributed by atoms with van der Waals surface area (Å²) >= 11 is 3.84. The van der Waals surface area contributed by atoms with Gasteiger partial charge in [0.1, 0.15) is 0 Å². The number of aryl methyl sites for hydroxylation is 1. The first-order chi connectivity index (χ1) is 10.9. The van der Waals surface area contributed by atoms with Crippen LogP contribution in [0.25, 0.3) is 53.9 Å². The molecule has 0 bridgehead atoms. The SMILES string of the molecule is CCc1cc2c(s1)-c1ccc3c4c(ccc-2c14)-c1sccc1-3. The predicted octanol–water partition coefficient (Wildman–Crippen LogP) is 6.82. The van der Waals surface area contributed by atoms with E-state index in [0.717, 1.165) is 6.42 Å². The van der Waals surface area contributed by atoms with Gasteiger partial charge in [0, 0.05) is 36.9 Å². The molecule has 2 aromatic carbocycles. The number of rotatable bonds is 1. The van der Waals surface area contributed by atoms with Gasteiger partial charge >= 0.3 is 0 Å². The molecule has 0 N–H and O–H groups in total. The molecule has 22 heavy (non-hydrogen) atoms. The normalized spacial score (nSPS) is 13.0. The van der Waals surface area contributed by atoms with Crippen molar-refractivity contribution in [3.05, 3.63) is 46.7 Å². The van der Waals surface area contributed by atoms with Crippen LogP contribution in [0.2, 0.25) is 0 Å². The van der Waals surface area contributed by atoms with Gasteiger partial charge in [-0.25, -0.2) is 0 Å². The van der Waals surface area contributed by atoms with Crippen molar-refractivity contribution in [2.75, 3.05) is 0 Å². The molecule has 2 aromatic heterocycles. The van der Waals surface area contributed by atoms with Crippen LogP contribution in [0.15, 0.2) is 41.8 Å². The Labute approximate surface area is 136 Å². The second-order valence-electron chi connectivity index (χ2n) is 6.04. The number of fused-ring (bicyclic) bond motifs is 6. The summed E-state index contributed by atoms with van der Waals surface area (Å²) in [6.45, 7) is 2.25. The zero-order valence-electron chi connectivity index (χ0n) is 12.1. The fourth-order valence-corrected chi connectivity index (χ4v) is 6.15. The van der Waals surface area contributed by atoms with Gasteiger partial charge in [-0.05, 0) is 45.8 Å².